The molecule has 0 bridgehead atoms. The SMILES string of the molecule is CCC(C(=O)O)C(=O)C1(CC)CC1O. The highest BCUT2D eigenvalue weighted by molar-refractivity contribution is 6.03. The lowest BCUT2D eigenvalue weighted by atomic mass is 9.86. The van der Waals surface area contributed by atoms with Crippen LogP contribution in [0.15, 0.2) is 0 Å². The number of aliphatic hydroxyl groups excluding tert-OH is 1. The van der Waals surface area contributed by atoms with E-state index in [1.165, 1.54) is 0 Å². The number of aliphatic carboxylic acids is 1. The fraction of sp³-hybridized carbons (Fsp3) is 0.800. The number of carboxylic acids is 1. The first kappa shape index (κ1) is 11.2. The largest absolute Gasteiger partial charge is 0.481 e. The summed E-state index contributed by atoms with van der Waals surface area (Å²) in [7, 11) is 0. The summed E-state index contributed by atoms with van der Waals surface area (Å²) in [6, 6.07) is 0. The van der Waals surface area contributed by atoms with Crippen LogP contribution in [0.4, 0.5) is 0 Å². The Bertz CT molecular complexity index is 257. The van der Waals surface area contributed by atoms with Gasteiger partial charge in [0.1, 0.15) is 5.92 Å². The summed E-state index contributed by atoms with van der Waals surface area (Å²) in [6.45, 7) is 3.48. The molecule has 3 atom stereocenters. The topological polar surface area (TPSA) is 74.6 Å². The summed E-state index contributed by atoms with van der Waals surface area (Å²) in [6.07, 6.45) is 0.610. The minimum absolute atomic E-state index is 0.294. The van der Waals surface area contributed by atoms with E-state index in [0.29, 0.717) is 19.3 Å². The molecule has 3 unspecified atom stereocenters. The van der Waals surface area contributed by atoms with Crippen molar-refractivity contribution in [1.29, 1.82) is 0 Å². The van der Waals surface area contributed by atoms with Crippen molar-refractivity contribution in [3.05, 3.63) is 0 Å². The zero-order valence-electron chi connectivity index (χ0n) is 8.49. The highest BCUT2D eigenvalue weighted by atomic mass is 16.4. The molecule has 0 heterocycles. The lowest BCUT2D eigenvalue weighted by Crippen LogP contribution is -2.32. The molecule has 14 heavy (non-hydrogen) atoms. The third-order valence-corrected chi connectivity index (χ3v) is 3.18. The quantitative estimate of drug-likeness (QED) is 0.644. The number of hydrogen-bond acceptors (Lipinski definition) is 3. The van der Waals surface area contributed by atoms with Crippen molar-refractivity contribution in [2.75, 3.05) is 0 Å². The second-order valence-electron chi connectivity index (χ2n) is 3.89. The van der Waals surface area contributed by atoms with Gasteiger partial charge in [0.05, 0.1) is 11.5 Å². The Hall–Kier alpha value is -0.900. The number of carbonyl (C=O) groups is 2. The maximum absolute atomic E-state index is 11.8. The van der Waals surface area contributed by atoms with E-state index in [-0.39, 0.29) is 5.78 Å². The third kappa shape index (κ3) is 1.54. The Labute approximate surface area is 82.9 Å². The number of rotatable bonds is 5. The lowest BCUT2D eigenvalue weighted by Gasteiger charge is -2.16. The fourth-order valence-electron chi connectivity index (χ4n) is 1.92. The van der Waals surface area contributed by atoms with Crippen molar-refractivity contribution in [2.24, 2.45) is 11.3 Å². The van der Waals surface area contributed by atoms with Crippen molar-refractivity contribution in [3.8, 4) is 0 Å². The van der Waals surface area contributed by atoms with Crippen LogP contribution in [-0.2, 0) is 9.59 Å². The first-order valence-electron chi connectivity index (χ1n) is 4.94. The highest BCUT2D eigenvalue weighted by Crippen LogP contribution is 2.51. The second kappa shape index (κ2) is 3.69. The average Bonchev–Trinajstić information content (AvgIpc) is 2.78. The zero-order chi connectivity index (χ0) is 10.9. The Morgan fingerprint density at radius 1 is 1.50 bits per heavy atom. The minimum atomic E-state index is -1.08. The molecule has 1 rings (SSSR count). The summed E-state index contributed by atoms with van der Waals surface area (Å²) in [5.41, 5.74) is -0.751. The summed E-state index contributed by atoms with van der Waals surface area (Å²) < 4.78 is 0. The summed E-state index contributed by atoms with van der Waals surface area (Å²) in [4.78, 5) is 22.6. The third-order valence-electron chi connectivity index (χ3n) is 3.18. The van der Waals surface area contributed by atoms with Crippen LogP contribution >= 0.6 is 0 Å². The standard InChI is InChI=1S/C10H16O4/c1-3-6(9(13)14)8(12)10(4-2)5-7(10)11/h6-7,11H,3-5H2,1-2H3,(H,13,14). The van der Waals surface area contributed by atoms with Crippen molar-refractivity contribution in [3.63, 3.8) is 0 Å². The van der Waals surface area contributed by atoms with E-state index in [1.54, 1.807) is 6.92 Å². The Balaban J connectivity index is 2.78. The number of carboxylic acid groups (broad SMARTS) is 1. The van der Waals surface area contributed by atoms with Crippen LogP contribution < -0.4 is 0 Å². The van der Waals surface area contributed by atoms with E-state index in [4.69, 9.17) is 5.11 Å². The van der Waals surface area contributed by atoms with Crippen LogP contribution in [0, 0.1) is 11.3 Å². The molecule has 1 saturated carbocycles. The van der Waals surface area contributed by atoms with Crippen LogP contribution in [0.1, 0.15) is 33.1 Å². The molecule has 1 aliphatic carbocycles. The molecule has 0 aromatic heterocycles. The molecule has 0 spiro atoms. The van der Waals surface area contributed by atoms with E-state index < -0.39 is 23.4 Å². The fourth-order valence-corrected chi connectivity index (χ4v) is 1.92. The summed E-state index contributed by atoms with van der Waals surface area (Å²) in [5, 5.41) is 18.2. The first-order chi connectivity index (χ1) is 6.49. The number of hydrogen-bond donors (Lipinski definition) is 2. The molecule has 0 aromatic carbocycles. The molecule has 0 aromatic rings. The van der Waals surface area contributed by atoms with Gasteiger partial charge in [0, 0.05) is 0 Å². The van der Waals surface area contributed by atoms with Gasteiger partial charge in [0.25, 0.3) is 0 Å². The van der Waals surface area contributed by atoms with Gasteiger partial charge in [-0.15, -0.1) is 0 Å². The van der Waals surface area contributed by atoms with Crippen molar-refractivity contribution < 1.29 is 19.8 Å². The molecule has 2 N–H and O–H groups in total. The van der Waals surface area contributed by atoms with Gasteiger partial charge in [-0.05, 0) is 19.3 Å². The molecule has 0 aliphatic heterocycles. The number of ketones is 1. The van der Waals surface area contributed by atoms with E-state index >= 15 is 0 Å². The van der Waals surface area contributed by atoms with Gasteiger partial charge in [-0.1, -0.05) is 13.8 Å². The molecule has 80 valence electrons. The molecule has 4 heteroatoms. The van der Waals surface area contributed by atoms with Gasteiger partial charge in [-0.25, -0.2) is 0 Å². The van der Waals surface area contributed by atoms with E-state index in [0.717, 1.165) is 0 Å². The second-order valence-corrected chi connectivity index (χ2v) is 3.89. The number of Topliss-reactive ketones (excluding diaryl/α,β-unsaturated/α-hetero) is 1. The van der Waals surface area contributed by atoms with Crippen molar-refractivity contribution in [2.45, 2.75) is 39.2 Å². The van der Waals surface area contributed by atoms with Crippen LogP contribution in [-0.4, -0.2) is 28.1 Å². The molecule has 1 fully saturated rings. The molecular formula is C10H16O4. The Kier molecular flexibility index (Phi) is 2.95. The van der Waals surface area contributed by atoms with E-state index in [1.807, 2.05) is 6.92 Å². The monoisotopic (exact) mass is 200 g/mol. The molecule has 1 aliphatic rings. The minimum Gasteiger partial charge on any atom is -0.481 e. The van der Waals surface area contributed by atoms with Crippen LogP contribution in [0.2, 0.25) is 0 Å². The van der Waals surface area contributed by atoms with Crippen molar-refractivity contribution in [1.82, 2.24) is 0 Å². The van der Waals surface area contributed by atoms with Gasteiger partial charge in [-0.2, -0.15) is 0 Å². The molecule has 4 nitrogen and oxygen atoms in total. The van der Waals surface area contributed by atoms with Crippen LogP contribution in [0.5, 0.6) is 0 Å². The van der Waals surface area contributed by atoms with E-state index in [9.17, 15) is 14.7 Å². The number of carbonyl (C=O) groups excluding carboxylic acids is 1. The normalized spacial score (nSPS) is 32.4. The lowest BCUT2D eigenvalue weighted by molar-refractivity contribution is -0.148. The predicted molar refractivity (Wildman–Crippen MR) is 49.8 cm³/mol. The van der Waals surface area contributed by atoms with E-state index in [2.05, 4.69) is 0 Å². The molecule has 0 saturated heterocycles. The first-order valence-corrected chi connectivity index (χ1v) is 4.94. The molecule has 0 amide bonds. The van der Waals surface area contributed by atoms with Gasteiger partial charge < -0.3 is 10.2 Å². The highest BCUT2D eigenvalue weighted by Gasteiger charge is 2.59. The zero-order valence-corrected chi connectivity index (χ0v) is 8.49. The summed E-state index contributed by atoms with van der Waals surface area (Å²) >= 11 is 0. The van der Waals surface area contributed by atoms with Gasteiger partial charge in [0.2, 0.25) is 0 Å². The molecule has 0 radical (unpaired) electrons. The van der Waals surface area contributed by atoms with Crippen LogP contribution in [0.25, 0.3) is 0 Å². The maximum atomic E-state index is 11.8. The summed E-state index contributed by atoms with van der Waals surface area (Å²) in [5.74, 6) is -2.33. The Morgan fingerprint density at radius 2 is 2.00 bits per heavy atom. The van der Waals surface area contributed by atoms with Gasteiger partial charge >= 0.3 is 5.97 Å². The molecular weight excluding hydrogens is 184 g/mol. The van der Waals surface area contributed by atoms with Gasteiger partial charge in [0.15, 0.2) is 5.78 Å². The maximum Gasteiger partial charge on any atom is 0.314 e. The smallest absolute Gasteiger partial charge is 0.314 e. The average molecular weight is 200 g/mol. The number of aliphatic hydroxyl groups is 1. The van der Waals surface area contributed by atoms with Gasteiger partial charge in [-0.3, -0.25) is 9.59 Å². The van der Waals surface area contributed by atoms with Crippen molar-refractivity contribution >= 4 is 11.8 Å². The Morgan fingerprint density at radius 3 is 2.21 bits per heavy atom. The van der Waals surface area contributed by atoms with Crippen LogP contribution in [0.3, 0.4) is 0 Å². The predicted octanol–water partition coefficient (Wildman–Crippen LogP) is 0.827.